The first-order valence-corrected chi connectivity index (χ1v) is 5.82. The van der Waals surface area contributed by atoms with E-state index in [2.05, 4.69) is 0 Å². The average molecular weight is 236 g/mol. The van der Waals surface area contributed by atoms with Crippen molar-refractivity contribution in [3.8, 4) is 10.8 Å². The second kappa shape index (κ2) is 4.53. The van der Waals surface area contributed by atoms with Gasteiger partial charge in [0.25, 0.3) is 0 Å². The molecule has 1 heterocycles. The third-order valence-corrected chi connectivity index (χ3v) is 3.27. The van der Waals surface area contributed by atoms with Gasteiger partial charge >= 0.3 is 0 Å². The number of fused-ring (bicyclic) bond motifs is 1. The Labute approximate surface area is 97.2 Å². The van der Waals surface area contributed by atoms with Gasteiger partial charge in [0.15, 0.2) is 0 Å². The van der Waals surface area contributed by atoms with Gasteiger partial charge in [-0.15, -0.1) is 0 Å². The van der Waals surface area contributed by atoms with Crippen LogP contribution in [0.5, 0.6) is 10.8 Å². The molecule has 4 heteroatoms. The Morgan fingerprint density at radius 3 is 2.75 bits per heavy atom. The van der Waals surface area contributed by atoms with Crippen LogP contribution in [0.1, 0.15) is 6.92 Å². The third kappa shape index (κ3) is 1.76. The third-order valence-electron chi connectivity index (χ3n) is 2.21. The Kier molecular flexibility index (Phi) is 3.10. The largest absolute Gasteiger partial charge is 0.489 e. The maximum Gasteiger partial charge on any atom is 0.233 e. The highest BCUT2D eigenvalue weighted by Gasteiger charge is 2.13. The molecule has 0 amide bonds. The maximum atomic E-state index is 12.1. The van der Waals surface area contributed by atoms with Crippen molar-refractivity contribution in [2.24, 2.45) is 0 Å². The van der Waals surface area contributed by atoms with Crippen LogP contribution in [0.25, 0.3) is 10.1 Å². The SMILES string of the molecule is CCOc1sc2ccccc2c(=O)c1OC. The molecule has 0 radical (unpaired) electrons. The zero-order valence-corrected chi connectivity index (χ0v) is 9.97. The van der Waals surface area contributed by atoms with E-state index in [1.807, 2.05) is 25.1 Å². The summed E-state index contributed by atoms with van der Waals surface area (Å²) in [5, 5.41) is 1.22. The summed E-state index contributed by atoms with van der Waals surface area (Å²) in [6, 6.07) is 7.45. The van der Waals surface area contributed by atoms with Crippen LogP contribution in [0.2, 0.25) is 0 Å². The molecular formula is C12H12O3S. The number of methoxy groups -OCH3 is 1. The Hall–Kier alpha value is -1.55. The van der Waals surface area contributed by atoms with Crippen LogP contribution in [0.4, 0.5) is 0 Å². The molecule has 84 valence electrons. The lowest BCUT2D eigenvalue weighted by Crippen LogP contribution is -2.07. The second-order valence-electron chi connectivity index (χ2n) is 3.18. The van der Waals surface area contributed by atoms with Crippen LogP contribution >= 0.6 is 11.3 Å². The Bertz CT molecular complexity index is 560. The number of hydrogen-bond donors (Lipinski definition) is 0. The summed E-state index contributed by atoms with van der Waals surface area (Å²) in [4.78, 5) is 12.1. The molecule has 0 N–H and O–H groups in total. The van der Waals surface area contributed by atoms with Crippen LogP contribution in [0.15, 0.2) is 29.1 Å². The molecule has 1 aromatic carbocycles. The van der Waals surface area contributed by atoms with Crippen molar-refractivity contribution in [2.75, 3.05) is 13.7 Å². The van der Waals surface area contributed by atoms with Crippen molar-refractivity contribution < 1.29 is 9.47 Å². The minimum Gasteiger partial charge on any atom is -0.489 e. The fraction of sp³-hybridized carbons (Fsp3) is 0.250. The molecule has 0 spiro atoms. The smallest absolute Gasteiger partial charge is 0.233 e. The molecule has 3 nitrogen and oxygen atoms in total. The summed E-state index contributed by atoms with van der Waals surface area (Å²) in [5.74, 6) is 0.297. The van der Waals surface area contributed by atoms with Gasteiger partial charge in [-0.3, -0.25) is 4.79 Å². The van der Waals surface area contributed by atoms with Crippen molar-refractivity contribution in [1.29, 1.82) is 0 Å². The number of hydrogen-bond acceptors (Lipinski definition) is 4. The van der Waals surface area contributed by atoms with Gasteiger partial charge in [-0.05, 0) is 19.1 Å². The Morgan fingerprint density at radius 2 is 2.06 bits per heavy atom. The van der Waals surface area contributed by atoms with Gasteiger partial charge in [-0.25, -0.2) is 0 Å². The number of rotatable bonds is 3. The summed E-state index contributed by atoms with van der Waals surface area (Å²) in [7, 11) is 1.49. The summed E-state index contributed by atoms with van der Waals surface area (Å²) >= 11 is 1.43. The number of benzene rings is 1. The molecule has 0 aliphatic heterocycles. The van der Waals surface area contributed by atoms with Gasteiger partial charge in [-0.1, -0.05) is 23.5 Å². The van der Waals surface area contributed by atoms with Gasteiger partial charge < -0.3 is 9.47 Å². The summed E-state index contributed by atoms with van der Waals surface area (Å²) in [6.07, 6.45) is 0. The average Bonchev–Trinajstić information content (AvgIpc) is 2.30. The predicted octanol–water partition coefficient (Wildman–Crippen LogP) is 2.67. The van der Waals surface area contributed by atoms with Gasteiger partial charge in [-0.2, -0.15) is 0 Å². The van der Waals surface area contributed by atoms with E-state index in [1.165, 1.54) is 18.4 Å². The first-order valence-electron chi connectivity index (χ1n) is 5.00. The molecule has 2 rings (SSSR count). The molecule has 0 atom stereocenters. The molecule has 0 saturated heterocycles. The topological polar surface area (TPSA) is 35.5 Å². The van der Waals surface area contributed by atoms with Crippen LogP contribution < -0.4 is 14.9 Å². The molecule has 1 aromatic heterocycles. The van der Waals surface area contributed by atoms with Crippen LogP contribution in [0, 0.1) is 0 Å². The van der Waals surface area contributed by atoms with Crippen LogP contribution in [0.3, 0.4) is 0 Å². The molecule has 16 heavy (non-hydrogen) atoms. The lowest BCUT2D eigenvalue weighted by molar-refractivity contribution is 0.319. The predicted molar refractivity (Wildman–Crippen MR) is 65.8 cm³/mol. The van der Waals surface area contributed by atoms with E-state index in [0.717, 1.165) is 4.70 Å². The zero-order chi connectivity index (χ0) is 11.5. The molecule has 0 aliphatic carbocycles. The first kappa shape index (κ1) is 11.0. The minimum atomic E-state index is -0.111. The number of ether oxygens (including phenoxy) is 2. The van der Waals surface area contributed by atoms with E-state index < -0.39 is 0 Å². The lowest BCUT2D eigenvalue weighted by atomic mass is 10.2. The van der Waals surface area contributed by atoms with Crippen LogP contribution in [-0.2, 0) is 0 Å². The normalized spacial score (nSPS) is 10.4. The van der Waals surface area contributed by atoms with E-state index in [4.69, 9.17) is 9.47 Å². The highest BCUT2D eigenvalue weighted by Crippen LogP contribution is 2.33. The quantitative estimate of drug-likeness (QED) is 0.822. The maximum absolute atomic E-state index is 12.1. The van der Waals surface area contributed by atoms with Crippen molar-refractivity contribution in [2.45, 2.75) is 6.92 Å². The monoisotopic (exact) mass is 236 g/mol. The zero-order valence-electron chi connectivity index (χ0n) is 9.15. The standard InChI is InChI=1S/C12H12O3S/c1-3-15-12-11(14-2)10(13)8-6-4-5-7-9(8)16-12/h4-7H,3H2,1-2H3. The lowest BCUT2D eigenvalue weighted by Gasteiger charge is -2.08. The molecule has 0 aliphatic rings. The summed E-state index contributed by atoms with van der Waals surface area (Å²) in [5.41, 5.74) is -0.111. The summed E-state index contributed by atoms with van der Waals surface area (Å²) in [6.45, 7) is 2.40. The molecule has 0 bridgehead atoms. The van der Waals surface area contributed by atoms with Crippen molar-refractivity contribution in [3.05, 3.63) is 34.5 Å². The summed E-state index contributed by atoms with van der Waals surface area (Å²) < 4.78 is 11.4. The minimum absolute atomic E-state index is 0.111. The molecular weight excluding hydrogens is 224 g/mol. The van der Waals surface area contributed by atoms with Gasteiger partial charge in [0.2, 0.25) is 16.2 Å². The van der Waals surface area contributed by atoms with Gasteiger partial charge in [0.05, 0.1) is 13.7 Å². The molecule has 0 unspecified atom stereocenters. The van der Waals surface area contributed by atoms with Gasteiger partial charge in [0.1, 0.15) is 0 Å². The first-order chi connectivity index (χ1) is 7.77. The molecule has 0 fully saturated rings. The van der Waals surface area contributed by atoms with E-state index in [-0.39, 0.29) is 5.43 Å². The van der Waals surface area contributed by atoms with E-state index >= 15 is 0 Å². The Balaban J connectivity index is 2.76. The van der Waals surface area contributed by atoms with Crippen molar-refractivity contribution >= 4 is 21.4 Å². The van der Waals surface area contributed by atoms with Crippen LogP contribution in [-0.4, -0.2) is 13.7 Å². The van der Waals surface area contributed by atoms with Crippen molar-refractivity contribution in [3.63, 3.8) is 0 Å². The van der Waals surface area contributed by atoms with Crippen molar-refractivity contribution in [1.82, 2.24) is 0 Å². The highest BCUT2D eigenvalue weighted by atomic mass is 32.1. The molecule has 0 saturated carbocycles. The van der Waals surface area contributed by atoms with E-state index in [9.17, 15) is 4.79 Å². The fourth-order valence-corrected chi connectivity index (χ4v) is 2.57. The molecule has 2 aromatic rings. The Morgan fingerprint density at radius 1 is 1.31 bits per heavy atom. The highest BCUT2D eigenvalue weighted by molar-refractivity contribution is 7.20. The van der Waals surface area contributed by atoms with E-state index in [0.29, 0.717) is 22.8 Å². The second-order valence-corrected chi connectivity index (χ2v) is 4.20. The fourth-order valence-electron chi connectivity index (χ4n) is 1.51. The van der Waals surface area contributed by atoms with E-state index in [1.54, 1.807) is 6.07 Å². The van der Waals surface area contributed by atoms with Gasteiger partial charge in [0, 0.05) is 10.1 Å².